The van der Waals surface area contributed by atoms with Gasteiger partial charge in [0.1, 0.15) is 0 Å². The molecule has 0 aromatic rings. The van der Waals surface area contributed by atoms with Crippen LogP contribution in [0.3, 0.4) is 0 Å². The summed E-state index contributed by atoms with van der Waals surface area (Å²) < 4.78 is 0. The predicted molar refractivity (Wildman–Crippen MR) is 77.3 cm³/mol. The highest BCUT2D eigenvalue weighted by Crippen LogP contribution is 2.13. The Morgan fingerprint density at radius 3 is 2.55 bits per heavy atom. The molecule has 1 unspecified atom stereocenters. The molecule has 2 amide bonds. The van der Waals surface area contributed by atoms with E-state index in [1.807, 2.05) is 0 Å². The van der Waals surface area contributed by atoms with Gasteiger partial charge >= 0.3 is 0 Å². The maximum Gasteiger partial charge on any atom is 0.236 e. The van der Waals surface area contributed by atoms with Gasteiger partial charge in [-0.15, -0.1) is 0 Å². The lowest BCUT2D eigenvalue weighted by atomic mass is 10.0. The lowest BCUT2D eigenvalue weighted by molar-refractivity contribution is -0.130. The molecule has 0 bridgehead atoms. The molecule has 2 aliphatic heterocycles. The summed E-state index contributed by atoms with van der Waals surface area (Å²) >= 11 is 0. The van der Waals surface area contributed by atoms with Crippen molar-refractivity contribution in [3.05, 3.63) is 0 Å². The number of piperidine rings is 2. The van der Waals surface area contributed by atoms with Crippen molar-refractivity contribution in [1.82, 2.24) is 20.4 Å². The Morgan fingerprint density at radius 1 is 1.30 bits per heavy atom. The van der Waals surface area contributed by atoms with Crippen LogP contribution < -0.4 is 10.6 Å². The Labute approximate surface area is 120 Å². The lowest BCUT2D eigenvalue weighted by Gasteiger charge is -2.35. The first-order chi connectivity index (χ1) is 9.54. The van der Waals surface area contributed by atoms with E-state index in [1.165, 1.54) is 0 Å². The van der Waals surface area contributed by atoms with Crippen molar-refractivity contribution in [2.24, 2.45) is 0 Å². The van der Waals surface area contributed by atoms with E-state index in [2.05, 4.69) is 15.5 Å². The minimum atomic E-state index is 0.167. The van der Waals surface area contributed by atoms with Crippen molar-refractivity contribution >= 4 is 11.8 Å². The molecule has 2 N–H and O–H groups in total. The highest BCUT2D eigenvalue weighted by molar-refractivity contribution is 5.77. The van der Waals surface area contributed by atoms with E-state index in [-0.39, 0.29) is 11.8 Å². The van der Waals surface area contributed by atoms with Crippen LogP contribution in [-0.4, -0.2) is 74.0 Å². The van der Waals surface area contributed by atoms with Gasteiger partial charge in [-0.3, -0.25) is 14.5 Å². The molecule has 2 heterocycles. The van der Waals surface area contributed by atoms with Crippen molar-refractivity contribution in [2.45, 2.75) is 37.8 Å². The van der Waals surface area contributed by atoms with Crippen LogP contribution in [0.15, 0.2) is 0 Å². The van der Waals surface area contributed by atoms with E-state index in [0.717, 1.165) is 38.9 Å². The second-order valence-corrected chi connectivity index (χ2v) is 6.04. The number of carbonyl (C=O) groups is 2. The summed E-state index contributed by atoms with van der Waals surface area (Å²) in [4.78, 5) is 26.7. The third-order valence-corrected chi connectivity index (χ3v) is 4.18. The first-order valence-corrected chi connectivity index (χ1v) is 7.50. The molecule has 0 aliphatic carbocycles. The second-order valence-electron chi connectivity index (χ2n) is 6.04. The molecule has 2 aliphatic rings. The summed E-state index contributed by atoms with van der Waals surface area (Å²) in [5, 5.41) is 6.55. The zero-order chi connectivity index (χ0) is 14.5. The average Bonchev–Trinajstić information content (AvgIpc) is 2.43. The van der Waals surface area contributed by atoms with Gasteiger partial charge in [0.25, 0.3) is 0 Å². The number of hydrogen-bond acceptors (Lipinski definition) is 4. The smallest absolute Gasteiger partial charge is 0.236 e. The molecule has 114 valence electrons. The second kappa shape index (κ2) is 7.04. The number of carbonyl (C=O) groups excluding carboxylic acids is 2. The number of likely N-dealkylation sites (tertiary alicyclic amines) is 1. The Hall–Kier alpha value is -1.14. The quantitative estimate of drug-likeness (QED) is 0.723. The van der Waals surface area contributed by atoms with Crippen LogP contribution in [0.1, 0.15) is 25.7 Å². The van der Waals surface area contributed by atoms with Crippen LogP contribution in [0.4, 0.5) is 0 Å². The fraction of sp³-hybridized carbons (Fsp3) is 0.857. The van der Waals surface area contributed by atoms with Crippen LogP contribution in [0.2, 0.25) is 0 Å². The van der Waals surface area contributed by atoms with Gasteiger partial charge in [-0.1, -0.05) is 0 Å². The van der Waals surface area contributed by atoms with Crippen LogP contribution >= 0.6 is 0 Å². The molecule has 0 saturated carbocycles. The number of amides is 2. The number of rotatable bonds is 4. The molecule has 1 atom stereocenters. The van der Waals surface area contributed by atoms with Crippen molar-refractivity contribution in [3.63, 3.8) is 0 Å². The molecule has 20 heavy (non-hydrogen) atoms. The lowest BCUT2D eigenvalue weighted by Crippen LogP contribution is -2.52. The number of nitrogens with one attached hydrogen (secondary N) is 2. The maximum absolute atomic E-state index is 11.7. The van der Waals surface area contributed by atoms with Gasteiger partial charge in [0.2, 0.25) is 11.8 Å². The zero-order valence-electron chi connectivity index (χ0n) is 12.5. The van der Waals surface area contributed by atoms with E-state index in [0.29, 0.717) is 25.0 Å². The minimum absolute atomic E-state index is 0.167. The highest BCUT2D eigenvalue weighted by Gasteiger charge is 2.25. The van der Waals surface area contributed by atoms with Gasteiger partial charge in [0, 0.05) is 52.2 Å². The molecule has 0 aromatic carbocycles. The number of nitrogens with zero attached hydrogens (tertiary/aromatic N) is 2. The molecular formula is C14H26N4O2. The van der Waals surface area contributed by atoms with Gasteiger partial charge in [-0.05, 0) is 19.3 Å². The first kappa shape index (κ1) is 15.3. The van der Waals surface area contributed by atoms with Crippen LogP contribution in [0.5, 0.6) is 0 Å². The fourth-order valence-corrected chi connectivity index (χ4v) is 2.80. The molecule has 6 nitrogen and oxygen atoms in total. The summed E-state index contributed by atoms with van der Waals surface area (Å²) in [6.07, 6.45) is 3.72. The van der Waals surface area contributed by atoms with E-state index >= 15 is 0 Å². The van der Waals surface area contributed by atoms with Crippen LogP contribution in [-0.2, 0) is 9.59 Å². The topological polar surface area (TPSA) is 64.7 Å². The van der Waals surface area contributed by atoms with Gasteiger partial charge in [-0.25, -0.2) is 0 Å². The average molecular weight is 282 g/mol. The van der Waals surface area contributed by atoms with Crippen molar-refractivity contribution in [2.75, 3.05) is 40.3 Å². The van der Waals surface area contributed by atoms with E-state index in [4.69, 9.17) is 0 Å². The molecule has 0 radical (unpaired) electrons. The highest BCUT2D eigenvalue weighted by atomic mass is 16.2. The minimum Gasteiger partial charge on any atom is -0.355 e. The Balaban J connectivity index is 1.66. The molecule has 0 spiro atoms. The molecule has 0 aromatic heterocycles. The van der Waals surface area contributed by atoms with Gasteiger partial charge in [-0.2, -0.15) is 0 Å². The van der Waals surface area contributed by atoms with Gasteiger partial charge in [0.05, 0.1) is 6.54 Å². The van der Waals surface area contributed by atoms with E-state index < -0.39 is 0 Å². The van der Waals surface area contributed by atoms with Gasteiger partial charge < -0.3 is 15.5 Å². The fourth-order valence-electron chi connectivity index (χ4n) is 2.80. The molecule has 2 fully saturated rings. The number of likely N-dealkylation sites (N-methyl/N-ethyl adjacent to an activating group) is 1. The first-order valence-electron chi connectivity index (χ1n) is 7.50. The summed E-state index contributed by atoms with van der Waals surface area (Å²) in [5.41, 5.74) is 0. The molecule has 2 saturated heterocycles. The Morgan fingerprint density at radius 2 is 2.00 bits per heavy atom. The van der Waals surface area contributed by atoms with E-state index in [9.17, 15) is 9.59 Å². The monoisotopic (exact) mass is 282 g/mol. The molecule has 2 rings (SSSR count). The van der Waals surface area contributed by atoms with Crippen molar-refractivity contribution in [1.29, 1.82) is 0 Å². The summed E-state index contributed by atoms with van der Waals surface area (Å²) in [6.45, 7) is 3.21. The SMILES string of the molecule is CN(C)C(=O)CN1CCC(NC2CCC(=O)NC2)CC1. The van der Waals surface area contributed by atoms with Crippen LogP contribution in [0, 0.1) is 0 Å². The summed E-state index contributed by atoms with van der Waals surface area (Å²) in [7, 11) is 3.60. The third-order valence-electron chi connectivity index (χ3n) is 4.18. The van der Waals surface area contributed by atoms with Crippen molar-refractivity contribution in [3.8, 4) is 0 Å². The standard InChI is InChI=1S/C14H26N4O2/c1-17(2)14(20)10-18-7-5-11(6-8-18)16-12-3-4-13(19)15-9-12/h11-12,16H,3-10H2,1-2H3,(H,15,19). The number of hydrogen-bond donors (Lipinski definition) is 2. The predicted octanol–water partition coefficient (Wildman–Crippen LogP) is -0.593. The summed E-state index contributed by atoms with van der Waals surface area (Å²) in [6, 6.07) is 0.924. The largest absolute Gasteiger partial charge is 0.355 e. The molecule has 6 heteroatoms. The van der Waals surface area contributed by atoms with Gasteiger partial charge in [0.15, 0.2) is 0 Å². The normalized spacial score (nSPS) is 25.3. The molecular weight excluding hydrogens is 256 g/mol. The Kier molecular flexibility index (Phi) is 5.37. The summed E-state index contributed by atoms with van der Waals surface area (Å²) in [5.74, 6) is 0.339. The zero-order valence-corrected chi connectivity index (χ0v) is 12.5. The van der Waals surface area contributed by atoms with E-state index in [1.54, 1.807) is 19.0 Å². The third kappa shape index (κ3) is 4.45. The Bertz CT molecular complexity index is 341. The maximum atomic E-state index is 11.7. The van der Waals surface area contributed by atoms with Crippen molar-refractivity contribution < 1.29 is 9.59 Å². The van der Waals surface area contributed by atoms with Crippen LogP contribution in [0.25, 0.3) is 0 Å².